The fraction of sp³-hybridized carbons (Fsp3) is 0.400. The SMILES string of the molecule is CN(CCCNS(=O)(=O)CCc1ccccc1)S(=O)(=O)CCc1ccccc1. The van der Waals surface area contributed by atoms with E-state index in [0.717, 1.165) is 11.1 Å². The molecule has 0 unspecified atom stereocenters. The number of nitrogens with one attached hydrogen (secondary N) is 1. The van der Waals surface area contributed by atoms with E-state index in [9.17, 15) is 16.8 Å². The van der Waals surface area contributed by atoms with Crippen LogP contribution in [-0.4, -0.2) is 52.8 Å². The van der Waals surface area contributed by atoms with Gasteiger partial charge in [0.05, 0.1) is 11.5 Å². The van der Waals surface area contributed by atoms with Gasteiger partial charge in [0.15, 0.2) is 0 Å². The quantitative estimate of drug-likeness (QED) is 0.529. The number of benzene rings is 2. The number of aryl methyl sites for hydroxylation is 2. The molecule has 0 saturated heterocycles. The number of hydrogen-bond donors (Lipinski definition) is 1. The maximum absolute atomic E-state index is 12.3. The fourth-order valence-electron chi connectivity index (χ4n) is 2.68. The molecule has 0 atom stereocenters. The Labute approximate surface area is 168 Å². The van der Waals surface area contributed by atoms with Crippen LogP contribution in [0.5, 0.6) is 0 Å². The smallest absolute Gasteiger partial charge is 0.214 e. The van der Waals surface area contributed by atoms with E-state index in [0.29, 0.717) is 19.3 Å². The lowest BCUT2D eigenvalue weighted by Gasteiger charge is -2.17. The van der Waals surface area contributed by atoms with Gasteiger partial charge in [0.25, 0.3) is 0 Å². The van der Waals surface area contributed by atoms with Crippen molar-refractivity contribution < 1.29 is 16.8 Å². The molecule has 6 nitrogen and oxygen atoms in total. The minimum absolute atomic E-state index is 0.0161. The molecular weight excluding hydrogens is 396 g/mol. The van der Waals surface area contributed by atoms with Crippen LogP contribution < -0.4 is 4.72 Å². The minimum Gasteiger partial charge on any atom is -0.215 e. The minimum atomic E-state index is -3.38. The molecule has 28 heavy (non-hydrogen) atoms. The Balaban J connectivity index is 1.69. The number of rotatable bonds is 12. The lowest BCUT2D eigenvalue weighted by Crippen LogP contribution is -2.34. The lowest BCUT2D eigenvalue weighted by atomic mass is 10.2. The molecule has 2 aromatic carbocycles. The number of sulfonamides is 2. The standard InChI is InChI=1S/C20H28N2O4S2/c1-22(28(25,26)18-14-20-11-6-3-7-12-20)16-8-15-21-27(23,24)17-13-19-9-4-2-5-10-19/h2-7,9-12,21H,8,13-18H2,1H3. The van der Waals surface area contributed by atoms with Crippen LogP contribution in [0.25, 0.3) is 0 Å². The molecule has 2 aromatic rings. The first-order valence-electron chi connectivity index (χ1n) is 9.28. The topological polar surface area (TPSA) is 83.6 Å². The third-order valence-electron chi connectivity index (χ3n) is 4.44. The second kappa shape index (κ2) is 10.7. The monoisotopic (exact) mass is 424 g/mol. The third kappa shape index (κ3) is 8.10. The molecule has 0 radical (unpaired) electrons. The summed E-state index contributed by atoms with van der Waals surface area (Å²) < 4.78 is 52.7. The summed E-state index contributed by atoms with van der Waals surface area (Å²) in [6, 6.07) is 18.9. The maximum atomic E-state index is 12.3. The van der Waals surface area contributed by atoms with Crippen LogP contribution in [0, 0.1) is 0 Å². The zero-order valence-corrected chi connectivity index (χ0v) is 17.8. The van der Waals surface area contributed by atoms with Gasteiger partial charge < -0.3 is 0 Å². The van der Waals surface area contributed by atoms with Crippen molar-refractivity contribution in [2.75, 3.05) is 31.6 Å². The highest BCUT2D eigenvalue weighted by atomic mass is 32.2. The van der Waals surface area contributed by atoms with Crippen LogP contribution in [0.4, 0.5) is 0 Å². The van der Waals surface area contributed by atoms with E-state index in [1.165, 1.54) is 11.4 Å². The van der Waals surface area contributed by atoms with Gasteiger partial charge in [0.2, 0.25) is 20.0 Å². The van der Waals surface area contributed by atoms with E-state index in [2.05, 4.69) is 4.72 Å². The summed E-state index contributed by atoms with van der Waals surface area (Å²) in [5.74, 6) is 0.0541. The Morgan fingerprint density at radius 1 is 0.786 bits per heavy atom. The molecule has 8 heteroatoms. The molecule has 0 aliphatic carbocycles. The third-order valence-corrected chi connectivity index (χ3v) is 7.68. The van der Waals surface area contributed by atoms with E-state index in [-0.39, 0.29) is 24.6 Å². The molecule has 154 valence electrons. The molecule has 0 fully saturated rings. The fourth-order valence-corrected chi connectivity index (χ4v) is 5.00. The molecule has 0 amide bonds. The number of hydrogen-bond acceptors (Lipinski definition) is 4. The van der Waals surface area contributed by atoms with E-state index >= 15 is 0 Å². The Morgan fingerprint density at radius 2 is 1.29 bits per heavy atom. The summed E-state index contributed by atoms with van der Waals surface area (Å²) >= 11 is 0. The average molecular weight is 425 g/mol. The van der Waals surface area contributed by atoms with Crippen molar-refractivity contribution in [3.05, 3.63) is 71.8 Å². The van der Waals surface area contributed by atoms with E-state index in [1.807, 2.05) is 60.7 Å². The summed E-state index contributed by atoms with van der Waals surface area (Å²) in [5.41, 5.74) is 1.95. The Hall–Kier alpha value is -1.74. The van der Waals surface area contributed by atoms with Gasteiger partial charge in [-0.05, 0) is 30.4 Å². The molecule has 0 bridgehead atoms. The van der Waals surface area contributed by atoms with Gasteiger partial charge in [-0.15, -0.1) is 0 Å². The predicted octanol–water partition coefficient (Wildman–Crippen LogP) is 2.04. The lowest BCUT2D eigenvalue weighted by molar-refractivity contribution is 0.460. The predicted molar refractivity (Wildman–Crippen MR) is 113 cm³/mol. The summed E-state index contributed by atoms with van der Waals surface area (Å²) in [6.45, 7) is 0.494. The van der Waals surface area contributed by atoms with Crippen molar-refractivity contribution in [3.8, 4) is 0 Å². The van der Waals surface area contributed by atoms with Crippen LogP contribution in [-0.2, 0) is 32.9 Å². The second-order valence-corrected chi connectivity index (χ2v) is 10.8. The van der Waals surface area contributed by atoms with Gasteiger partial charge in [-0.3, -0.25) is 0 Å². The van der Waals surface area contributed by atoms with Gasteiger partial charge in [-0.2, -0.15) is 0 Å². The number of nitrogens with zero attached hydrogens (tertiary/aromatic N) is 1. The highest BCUT2D eigenvalue weighted by molar-refractivity contribution is 7.89. The van der Waals surface area contributed by atoms with Crippen LogP contribution in [0.2, 0.25) is 0 Å². The van der Waals surface area contributed by atoms with Gasteiger partial charge in [-0.25, -0.2) is 25.9 Å². The van der Waals surface area contributed by atoms with E-state index in [1.54, 1.807) is 0 Å². The van der Waals surface area contributed by atoms with Crippen molar-refractivity contribution in [2.45, 2.75) is 19.3 Å². The van der Waals surface area contributed by atoms with Gasteiger partial charge in [0.1, 0.15) is 0 Å². The second-order valence-electron chi connectivity index (χ2n) is 6.68. The zero-order valence-electron chi connectivity index (χ0n) is 16.1. The first-order chi connectivity index (χ1) is 13.3. The summed E-state index contributed by atoms with van der Waals surface area (Å²) in [7, 11) is -5.21. The van der Waals surface area contributed by atoms with Gasteiger partial charge in [0, 0.05) is 20.1 Å². The molecule has 0 spiro atoms. The molecule has 0 saturated carbocycles. The van der Waals surface area contributed by atoms with Crippen LogP contribution >= 0.6 is 0 Å². The van der Waals surface area contributed by atoms with Crippen molar-refractivity contribution >= 4 is 20.0 Å². The maximum Gasteiger partial charge on any atom is 0.214 e. The van der Waals surface area contributed by atoms with E-state index < -0.39 is 20.0 Å². The molecule has 0 aromatic heterocycles. The van der Waals surface area contributed by atoms with Crippen LogP contribution in [0.15, 0.2) is 60.7 Å². The average Bonchev–Trinajstić information content (AvgIpc) is 2.70. The largest absolute Gasteiger partial charge is 0.215 e. The first kappa shape index (κ1) is 22.5. The van der Waals surface area contributed by atoms with Gasteiger partial charge >= 0.3 is 0 Å². The van der Waals surface area contributed by atoms with Crippen molar-refractivity contribution in [3.63, 3.8) is 0 Å². The summed E-state index contributed by atoms with van der Waals surface area (Å²) in [5, 5.41) is 0. The zero-order chi connectivity index (χ0) is 20.5. The Bertz CT molecular complexity index is 915. The Kier molecular flexibility index (Phi) is 8.62. The first-order valence-corrected chi connectivity index (χ1v) is 12.5. The molecule has 0 aliphatic rings. The highest BCUT2D eigenvalue weighted by Crippen LogP contribution is 2.06. The van der Waals surface area contributed by atoms with E-state index in [4.69, 9.17) is 0 Å². The van der Waals surface area contributed by atoms with Crippen molar-refractivity contribution in [1.82, 2.24) is 9.03 Å². The van der Waals surface area contributed by atoms with Crippen LogP contribution in [0.3, 0.4) is 0 Å². The molecular formula is C20H28N2O4S2. The normalized spacial score (nSPS) is 12.4. The van der Waals surface area contributed by atoms with Crippen molar-refractivity contribution in [1.29, 1.82) is 0 Å². The molecule has 0 aliphatic heterocycles. The van der Waals surface area contributed by atoms with Crippen LogP contribution in [0.1, 0.15) is 17.5 Å². The van der Waals surface area contributed by atoms with Gasteiger partial charge in [-0.1, -0.05) is 60.7 Å². The summed E-state index contributed by atoms with van der Waals surface area (Å²) in [4.78, 5) is 0. The summed E-state index contributed by atoms with van der Waals surface area (Å²) in [6.07, 6.45) is 1.33. The van der Waals surface area contributed by atoms with Crippen molar-refractivity contribution in [2.24, 2.45) is 0 Å². The molecule has 1 N–H and O–H groups in total. The Morgan fingerprint density at radius 3 is 1.82 bits per heavy atom. The highest BCUT2D eigenvalue weighted by Gasteiger charge is 2.17. The molecule has 0 heterocycles. The molecule has 2 rings (SSSR count).